The molecule has 20 heavy (non-hydrogen) atoms. The molecule has 0 aromatic heterocycles. The van der Waals surface area contributed by atoms with E-state index in [2.05, 4.69) is 10.0 Å². The fraction of sp³-hybridized carbons (Fsp3) is 0.571. The van der Waals surface area contributed by atoms with Crippen LogP contribution in [-0.4, -0.2) is 34.2 Å². The standard InChI is InChI=1S/C14H22N2O3S/c1-2-16-20(17,18)14-8-6-13(7-9-14)19-11-12-5-3-4-10-15-12/h6-9,12,15-16H,2-5,10-11H2,1H3. The van der Waals surface area contributed by atoms with Gasteiger partial charge in [0, 0.05) is 12.6 Å². The zero-order valence-electron chi connectivity index (χ0n) is 11.8. The predicted molar refractivity (Wildman–Crippen MR) is 78.4 cm³/mol. The van der Waals surface area contributed by atoms with Crippen LogP contribution in [0.3, 0.4) is 0 Å². The van der Waals surface area contributed by atoms with Crippen LogP contribution in [0.25, 0.3) is 0 Å². The minimum absolute atomic E-state index is 0.266. The van der Waals surface area contributed by atoms with Crippen molar-refractivity contribution in [1.82, 2.24) is 10.0 Å². The minimum atomic E-state index is -3.38. The Hall–Kier alpha value is -1.11. The number of rotatable bonds is 6. The van der Waals surface area contributed by atoms with Gasteiger partial charge in [0.1, 0.15) is 12.4 Å². The number of nitrogens with one attached hydrogen (secondary N) is 2. The van der Waals surface area contributed by atoms with E-state index in [1.54, 1.807) is 31.2 Å². The van der Waals surface area contributed by atoms with Crippen molar-refractivity contribution in [2.45, 2.75) is 37.1 Å². The van der Waals surface area contributed by atoms with Gasteiger partial charge in [0.15, 0.2) is 0 Å². The highest BCUT2D eigenvalue weighted by Crippen LogP contribution is 2.17. The Morgan fingerprint density at radius 1 is 1.30 bits per heavy atom. The summed E-state index contributed by atoms with van der Waals surface area (Å²) >= 11 is 0. The molecular formula is C14H22N2O3S. The van der Waals surface area contributed by atoms with Crippen LogP contribution in [0.5, 0.6) is 5.75 Å². The molecule has 0 bridgehead atoms. The molecule has 1 heterocycles. The Balaban J connectivity index is 1.91. The molecule has 1 aliphatic rings. The van der Waals surface area contributed by atoms with E-state index in [9.17, 15) is 8.42 Å². The summed E-state index contributed by atoms with van der Waals surface area (Å²) in [5, 5.41) is 3.41. The number of hydrogen-bond acceptors (Lipinski definition) is 4. The Bertz CT molecular complexity index is 508. The fourth-order valence-corrected chi connectivity index (χ4v) is 3.29. The summed E-state index contributed by atoms with van der Waals surface area (Å²) in [4.78, 5) is 0.266. The topological polar surface area (TPSA) is 67.4 Å². The number of ether oxygens (including phenoxy) is 1. The average molecular weight is 298 g/mol. The molecule has 2 rings (SSSR count). The monoisotopic (exact) mass is 298 g/mol. The fourth-order valence-electron chi connectivity index (χ4n) is 2.25. The number of hydrogen-bond donors (Lipinski definition) is 2. The highest BCUT2D eigenvalue weighted by atomic mass is 32.2. The molecule has 0 amide bonds. The third-order valence-corrected chi connectivity index (χ3v) is 4.89. The van der Waals surface area contributed by atoms with Gasteiger partial charge in [-0.2, -0.15) is 0 Å². The van der Waals surface area contributed by atoms with E-state index in [0.29, 0.717) is 24.9 Å². The van der Waals surface area contributed by atoms with Crippen LogP contribution < -0.4 is 14.8 Å². The Labute approximate surface area is 120 Å². The van der Waals surface area contributed by atoms with E-state index in [1.807, 2.05) is 0 Å². The van der Waals surface area contributed by atoms with Gasteiger partial charge in [-0.3, -0.25) is 0 Å². The summed E-state index contributed by atoms with van der Waals surface area (Å²) in [6.45, 7) is 3.81. The SMILES string of the molecule is CCNS(=O)(=O)c1ccc(OCC2CCCCN2)cc1. The predicted octanol–water partition coefficient (Wildman–Crippen LogP) is 1.51. The highest BCUT2D eigenvalue weighted by molar-refractivity contribution is 7.89. The summed E-state index contributed by atoms with van der Waals surface area (Å²) in [6, 6.07) is 6.94. The molecular weight excluding hydrogens is 276 g/mol. The maximum Gasteiger partial charge on any atom is 0.240 e. The lowest BCUT2D eigenvalue weighted by Gasteiger charge is -2.23. The van der Waals surface area contributed by atoms with Crippen LogP contribution in [0, 0.1) is 0 Å². The van der Waals surface area contributed by atoms with E-state index in [-0.39, 0.29) is 4.90 Å². The second-order valence-electron chi connectivity index (χ2n) is 4.93. The maximum atomic E-state index is 11.8. The summed E-state index contributed by atoms with van der Waals surface area (Å²) in [5.74, 6) is 0.702. The largest absolute Gasteiger partial charge is 0.492 e. The molecule has 0 radical (unpaired) electrons. The van der Waals surface area contributed by atoms with Crippen LogP contribution >= 0.6 is 0 Å². The van der Waals surface area contributed by atoms with Gasteiger partial charge in [0.2, 0.25) is 10.0 Å². The van der Waals surface area contributed by atoms with Crippen molar-refractivity contribution >= 4 is 10.0 Å². The first-order valence-corrected chi connectivity index (χ1v) is 8.56. The molecule has 1 aliphatic heterocycles. The first-order chi connectivity index (χ1) is 9.62. The lowest BCUT2D eigenvalue weighted by Crippen LogP contribution is -2.38. The number of benzene rings is 1. The lowest BCUT2D eigenvalue weighted by atomic mass is 10.1. The van der Waals surface area contributed by atoms with Gasteiger partial charge in [0.05, 0.1) is 4.90 Å². The van der Waals surface area contributed by atoms with Crippen molar-refractivity contribution in [2.75, 3.05) is 19.7 Å². The van der Waals surface area contributed by atoms with E-state index < -0.39 is 10.0 Å². The van der Waals surface area contributed by atoms with E-state index >= 15 is 0 Å². The van der Waals surface area contributed by atoms with Crippen molar-refractivity contribution in [3.05, 3.63) is 24.3 Å². The van der Waals surface area contributed by atoms with Crippen LogP contribution in [0.2, 0.25) is 0 Å². The first-order valence-electron chi connectivity index (χ1n) is 7.08. The maximum absolute atomic E-state index is 11.8. The van der Waals surface area contributed by atoms with Crippen LogP contribution in [0.15, 0.2) is 29.2 Å². The molecule has 1 atom stereocenters. The van der Waals surface area contributed by atoms with E-state index in [1.165, 1.54) is 12.8 Å². The highest BCUT2D eigenvalue weighted by Gasteiger charge is 2.14. The van der Waals surface area contributed by atoms with Crippen molar-refractivity contribution in [2.24, 2.45) is 0 Å². The molecule has 1 unspecified atom stereocenters. The molecule has 1 aromatic rings. The summed E-state index contributed by atoms with van der Waals surface area (Å²) in [7, 11) is -3.38. The second-order valence-corrected chi connectivity index (χ2v) is 6.70. The van der Waals surface area contributed by atoms with Gasteiger partial charge in [0.25, 0.3) is 0 Å². The Morgan fingerprint density at radius 3 is 2.65 bits per heavy atom. The van der Waals surface area contributed by atoms with E-state index in [0.717, 1.165) is 13.0 Å². The molecule has 5 nitrogen and oxygen atoms in total. The summed E-state index contributed by atoms with van der Waals surface area (Å²) < 4.78 is 31.7. The normalized spacial score (nSPS) is 19.8. The molecule has 0 saturated carbocycles. The van der Waals surface area contributed by atoms with Crippen LogP contribution in [-0.2, 0) is 10.0 Å². The third kappa shape index (κ3) is 4.19. The molecule has 112 valence electrons. The van der Waals surface area contributed by atoms with Crippen LogP contribution in [0.1, 0.15) is 26.2 Å². The average Bonchev–Trinajstić information content (AvgIpc) is 2.47. The number of piperidine rings is 1. The molecule has 0 aliphatic carbocycles. The quantitative estimate of drug-likeness (QED) is 0.835. The van der Waals surface area contributed by atoms with Gasteiger partial charge < -0.3 is 10.1 Å². The smallest absolute Gasteiger partial charge is 0.240 e. The Morgan fingerprint density at radius 2 is 2.05 bits per heavy atom. The van der Waals surface area contributed by atoms with Crippen LogP contribution in [0.4, 0.5) is 0 Å². The zero-order chi connectivity index (χ0) is 14.4. The molecule has 0 spiro atoms. The summed E-state index contributed by atoms with van der Waals surface area (Å²) in [5.41, 5.74) is 0. The van der Waals surface area contributed by atoms with Gasteiger partial charge in [-0.1, -0.05) is 13.3 Å². The zero-order valence-corrected chi connectivity index (χ0v) is 12.6. The molecule has 6 heteroatoms. The van der Waals surface area contributed by atoms with E-state index in [4.69, 9.17) is 4.74 Å². The third-order valence-electron chi connectivity index (χ3n) is 3.33. The minimum Gasteiger partial charge on any atom is -0.492 e. The lowest BCUT2D eigenvalue weighted by molar-refractivity contribution is 0.239. The van der Waals surface area contributed by atoms with Gasteiger partial charge in [-0.25, -0.2) is 13.1 Å². The molecule has 1 aromatic carbocycles. The van der Waals surface area contributed by atoms with Crippen molar-refractivity contribution in [3.8, 4) is 5.75 Å². The van der Waals surface area contributed by atoms with Crippen molar-refractivity contribution < 1.29 is 13.2 Å². The summed E-state index contributed by atoms with van der Waals surface area (Å²) in [6.07, 6.45) is 3.60. The van der Waals surface area contributed by atoms with Crippen molar-refractivity contribution in [3.63, 3.8) is 0 Å². The second kappa shape index (κ2) is 7.06. The number of sulfonamides is 1. The molecule has 1 fully saturated rings. The Kier molecular flexibility index (Phi) is 5.39. The molecule has 2 N–H and O–H groups in total. The van der Waals surface area contributed by atoms with Gasteiger partial charge in [-0.15, -0.1) is 0 Å². The van der Waals surface area contributed by atoms with Gasteiger partial charge >= 0.3 is 0 Å². The molecule has 1 saturated heterocycles. The first kappa shape index (κ1) is 15.3. The van der Waals surface area contributed by atoms with Crippen molar-refractivity contribution in [1.29, 1.82) is 0 Å². The van der Waals surface area contributed by atoms with Gasteiger partial charge in [-0.05, 0) is 43.7 Å².